The second-order valence-corrected chi connectivity index (χ2v) is 3.92. The van der Waals surface area contributed by atoms with E-state index in [2.05, 4.69) is 15.9 Å². The van der Waals surface area contributed by atoms with Crippen LogP contribution in [0.1, 0.15) is 11.7 Å². The van der Waals surface area contributed by atoms with Crippen molar-refractivity contribution in [2.75, 3.05) is 13.7 Å². The van der Waals surface area contributed by atoms with Gasteiger partial charge in [0, 0.05) is 23.1 Å². The van der Waals surface area contributed by atoms with Gasteiger partial charge in [0.15, 0.2) is 0 Å². The normalized spacial score (nSPS) is 12.9. The minimum Gasteiger partial charge on any atom is -0.375 e. The van der Waals surface area contributed by atoms with Crippen molar-refractivity contribution >= 4 is 27.5 Å². The summed E-state index contributed by atoms with van der Waals surface area (Å²) in [6.07, 6.45) is -0.0772. The Morgan fingerprint density at radius 2 is 2.31 bits per heavy atom. The van der Waals surface area contributed by atoms with Crippen LogP contribution in [0.4, 0.5) is 0 Å². The van der Waals surface area contributed by atoms with Gasteiger partial charge in [0.1, 0.15) is 0 Å². The van der Waals surface area contributed by atoms with Crippen LogP contribution >= 0.6 is 27.5 Å². The molecule has 0 aliphatic carbocycles. The van der Waals surface area contributed by atoms with Crippen molar-refractivity contribution in [3.8, 4) is 0 Å². The maximum atomic E-state index is 5.81. The Labute approximate surface area is 91.2 Å². The van der Waals surface area contributed by atoms with E-state index in [1.54, 1.807) is 7.11 Å². The van der Waals surface area contributed by atoms with Gasteiger partial charge >= 0.3 is 0 Å². The maximum absolute atomic E-state index is 5.81. The highest BCUT2D eigenvalue weighted by Crippen LogP contribution is 2.27. The molecular weight excluding hydrogens is 253 g/mol. The smallest absolute Gasteiger partial charge is 0.0954 e. The van der Waals surface area contributed by atoms with Crippen molar-refractivity contribution in [1.29, 1.82) is 0 Å². The Morgan fingerprint density at radius 1 is 1.62 bits per heavy atom. The quantitative estimate of drug-likeness (QED) is 0.911. The van der Waals surface area contributed by atoms with E-state index in [9.17, 15) is 0 Å². The first-order chi connectivity index (χ1) is 6.19. The Bertz CT molecular complexity index is 289. The van der Waals surface area contributed by atoms with Crippen LogP contribution in [0.2, 0.25) is 5.02 Å². The Balaban J connectivity index is 2.99. The van der Waals surface area contributed by atoms with Crippen molar-refractivity contribution in [3.63, 3.8) is 0 Å². The van der Waals surface area contributed by atoms with Crippen LogP contribution < -0.4 is 5.73 Å². The van der Waals surface area contributed by atoms with Crippen LogP contribution in [0, 0.1) is 0 Å². The summed E-state index contributed by atoms with van der Waals surface area (Å²) >= 11 is 9.22. The van der Waals surface area contributed by atoms with Crippen molar-refractivity contribution in [2.45, 2.75) is 6.10 Å². The highest BCUT2D eigenvalue weighted by atomic mass is 79.9. The summed E-state index contributed by atoms with van der Waals surface area (Å²) in [7, 11) is 1.64. The lowest BCUT2D eigenvalue weighted by Gasteiger charge is -2.14. The van der Waals surface area contributed by atoms with E-state index in [4.69, 9.17) is 22.1 Å². The molecule has 0 aromatic heterocycles. The second-order valence-electron chi connectivity index (χ2n) is 2.63. The highest BCUT2D eigenvalue weighted by molar-refractivity contribution is 9.10. The van der Waals surface area contributed by atoms with Crippen LogP contribution in [0.3, 0.4) is 0 Å². The van der Waals surface area contributed by atoms with Gasteiger partial charge in [0.25, 0.3) is 0 Å². The van der Waals surface area contributed by atoms with Crippen LogP contribution in [-0.4, -0.2) is 13.7 Å². The van der Waals surface area contributed by atoms with Gasteiger partial charge in [-0.1, -0.05) is 33.6 Å². The second kappa shape index (κ2) is 4.96. The third-order valence-corrected chi connectivity index (χ3v) is 2.73. The molecule has 13 heavy (non-hydrogen) atoms. The van der Waals surface area contributed by atoms with Crippen LogP contribution in [0.15, 0.2) is 22.7 Å². The minimum atomic E-state index is -0.0772. The molecule has 4 heteroatoms. The first-order valence-electron chi connectivity index (χ1n) is 3.87. The molecule has 1 atom stereocenters. The average Bonchev–Trinajstić information content (AvgIpc) is 2.10. The van der Waals surface area contributed by atoms with Gasteiger partial charge in [-0.2, -0.15) is 0 Å². The summed E-state index contributed by atoms with van der Waals surface area (Å²) < 4.78 is 6.14. The first kappa shape index (κ1) is 11.0. The first-order valence-corrected chi connectivity index (χ1v) is 5.04. The monoisotopic (exact) mass is 263 g/mol. The number of nitrogens with two attached hydrogens (primary N) is 1. The molecule has 0 radical (unpaired) electrons. The van der Waals surface area contributed by atoms with E-state index in [1.807, 2.05) is 18.2 Å². The summed E-state index contributed by atoms with van der Waals surface area (Å²) in [4.78, 5) is 0. The Kier molecular flexibility index (Phi) is 4.19. The zero-order valence-electron chi connectivity index (χ0n) is 7.26. The average molecular weight is 265 g/mol. The van der Waals surface area contributed by atoms with Gasteiger partial charge in [0.05, 0.1) is 6.10 Å². The molecule has 0 amide bonds. The summed E-state index contributed by atoms with van der Waals surface area (Å²) in [5.74, 6) is 0. The molecule has 0 heterocycles. The number of hydrogen-bond donors (Lipinski definition) is 1. The SMILES string of the molecule is COC(CN)c1ccc(Cl)cc1Br. The van der Waals surface area contributed by atoms with E-state index >= 15 is 0 Å². The number of halogens is 2. The molecule has 2 nitrogen and oxygen atoms in total. The van der Waals surface area contributed by atoms with E-state index in [0.29, 0.717) is 11.6 Å². The van der Waals surface area contributed by atoms with Crippen LogP contribution in [0.5, 0.6) is 0 Å². The number of hydrogen-bond acceptors (Lipinski definition) is 2. The Morgan fingerprint density at radius 3 is 2.77 bits per heavy atom. The van der Waals surface area contributed by atoms with E-state index in [0.717, 1.165) is 10.0 Å². The van der Waals surface area contributed by atoms with Crippen LogP contribution in [0.25, 0.3) is 0 Å². The molecule has 0 aliphatic heterocycles. The maximum Gasteiger partial charge on any atom is 0.0954 e. The fraction of sp³-hybridized carbons (Fsp3) is 0.333. The van der Waals surface area contributed by atoms with E-state index in [1.165, 1.54) is 0 Å². The summed E-state index contributed by atoms with van der Waals surface area (Å²) in [6.45, 7) is 0.455. The van der Waals surface area contributed by atoms with Crippen molar-refractivity contribution in [1.82, 2.24) is 0 Å². The third kappa shape index (κ3) is 2.68. The molecule has 1 aromatic carbocycles. The highest BCUT2D eigenvalue weighted by Gasteiger charge is 2.11. The summed E-state index contributed by atoms with van der Waals surface area (Å²) in [5, 5.41) is 0.697. The lowest BCUT2D eigenvalue weighted by molar-refractivity contribution is 0.110. The zero-order valence-corrected chi connectivity index (χ0v) is 9.60. The molecule has 0 saturated carbocycles. The largest absolute Gasteiger partial charge is 0.375 e. The van der Waals surface area contributed by atoms with Gasteiger partial charge < -0.3 is 10.5 Å². The zero-order chi connectivity index (χ0) is 9.84. The molecule has 1 unspecified atom stereocenters. The fourth-order valence-corrected chi connectivity index (χ4v) is 2.05. The lowest BCUT2D eigenvalue weighted by atomic mass is 10.1. The molecule has 72 valence electrons. The molecule has 2 N–H and O–H groups in total. The summed E-state index contributed by atoms with van der Waals surface area (Å²) in [6, 6.07) is 5.56. The molecular formula is C9H11BrClNO. The number of ether oxygens (including phenoxy) is 1. The van der Waals surface area contributed by atoms with Gasteiger partial charge in [-0.3, -0.25) is 0 Å². The van der Waals surface area contributed by atoms with Crippen molar-refractivity contribution in [2.24, 2.45) is 5.73 Å². The molecule has 0 bridgehead atoms. The van der Waals surface area contributed by atoms with Gasteiger partial charge in [0.2, 0.25) is 0 Å². The van der Waals surface area contributed by atoms with Gasteiger partial charge in [-0.25, -0.2) is 0 Å². The van der Waals surface area contributed by atoms with E-state index in [-0.39, 0.29) is 6.10 Å². The van der Waals surface area contributed by atoms with Crippen LogP contribution in [-0.2, 0) is 4.74 Å². The minimum absolute atomic E-state index is 0.0772. The Hall–Kier alpha value is -0.0900. The molecule has 0 saturated heterocycles. The van der Waals surface area contributed by atoms with Crippen molar-refractivity contribution in [3.05, 3.63) is 33.3 Å². The fourth-order valence-electron chi connectivity index (χ4n) is 1.11. The molecule has 0 fully saturated rings. The standard InChI is InChI=1S/C9H11BrClNO/c1-13-9(5-12)7-3-2-6(11)4-8(7)10/h2-4,9H,5,12H2,1H3. The predicted molar refractivity (Wildman–Crippen MR) is 58.0 cm³/mol. The predicted octanol–water partition coefficient (Wildman–Crippen LogP) is 2.75. The molecule has 0 spiro atoms. The van der Waals surface area contributed by atoms with Gasteiger partial charge in [-0.05, 0) is 17.7 Å². The van der Waals surface area contributed by atoms with Gasteiger partial charge in [-0.15, -0.1) is 0 Å². The third-order valence-electron chi connectivity index (χ3n) is 1.81. The van der Waals surface area contributed by atoms with Crippen molar-refractivity contribution < 1.29 is 4.74 Å². The summed E-state index contributed by atoms with van der Waals surface area (Å²) in [5.41, 5.74) is 6.57. The number of benzene rings is 1. The molecule has 0 aliphatic rings. The molecule has 1 aromatic rings. The lowest BCUT2D eigenvalue weighted by Crippen LogP contribution is -2.14. The topological polar surface area (TPSA) is 35.2 Å². The van der Waals surface area contributed by atoms with E-state index < -0.39 is 0 Å². The number of methoxy groups -OCH3 is 1. The number of rotatable bonds is 3. The molecule has 1 rings (SSSR count).